The minimum atomic E-state index is 0.144. The van der Waals surface area contributed by atoms with Crippen molar-refractivity contribution in [3.8, 4) is 11.8 Å². The molecule has 1 N–H and O–H groups in total. The van der Waals surface area contributed by atoms with E-state index in [1.54, 1.807) is 6.92 Å². The average Bonchev–Trinajstić information content (AvgIpc) is 1.68. The van der Waals surface area contributed by atoms with E-state index in [0.29, 0.717) is 0 Å². The quantitative estimate of drug-likeness (QED) is 0.477. The Kier molecular flexibility index (Phi) is 3.45. The van der Waals surface area contributed by atoms with Crippen molar-refractivity contribution in [1.82, 2.24) is 0 Å². The van der Waals surface area contributed by atoms with Gasteiger partial charge < -0.3 is 5.11 Å². The monoisotopic (exact) mass is 98.1 g/mol. The van der Waals surface area contributed by atoms with E-state index in [9.17, 15) is 0 Å². The summed E-state index contributed by atoms with van der Waals surface area (Å²) in [6.45, 7) is 3.82. The van der Waals surface area contributed by atoms with Gasteiger partial charge in [0, 0.05) is 5.92 Å². The molecule has 1 unspecified atom stereocenters. The molecule has 0 saturated carbocycles. The van der Waals surface area contributed by atoms with Crippen molar-refractivity contribution < 1.29 is 5.11 Å². The van der Waals surface area contributed by atoms with E-state index in [4.69, 9.17) is 5.11 Å². The summed E-state index contributed by atoms with van der Waals surface area (Å²) < 4.78 is 0. The zero-order valence-corrected chi connectivity index (χ0v) is 4.73. The van der Waals surface area contributed by atoms with Gasteiger partial charge in [-0.25, -0.2) is 0 Å². The Hall–Kier alpha value is -0.480. The van der Waals surface area contributed by atoms with Gasteiger partial charge in [-0.2, -0.15) is 0 Å². The lowest BCUT2D eigenvalue weighted by atomic mass is 10.2. The van der Waals surface area contributed by atoms with Crippen LogP contribution in [0.3, 0.4) is 0 Å². The predicted octanol–water partition coefficient (Wildman–Crippen LogP) is 0.638. The first-order chi connectivity index (χ1) is 3.31. The van der Waals surface area contributed by atoms with Crippen molar-refractivity contribution in [2.45, 2.75) is 13.8 Å². The highest BCUT2D eigenvalue weighted by molar-refractivity contribution is 4.98. The van der Waals surface area contributed by atoms with Crippen molar-refractivity contribution in [2.75, 3.05) is 6.61 Å². The van der Waals surface area contributed by atoms with Crippen LogP contribution in [0, 0.1) is 17.8 Å². The van der Waals surface area contributed by atoms with E-state index in [1.807, 2.05) is 6.92 Å². The molecule has 0 fully saturated rings. The van der Waals surface area contributed by atoms with Crippen LogP contribution >= 0.6 is 0 Å². The fraction of sp³-hybridized carbons (Fsp3) is 0.667. The van der Waals surface area contributed by atoms with E-state index in [-0.39, 0.29) is 12.5 Å². The second-order valence-electron chi connectivity index (χ2n) is 1.48. The summed E-state index contributed by atoms with van der Waals surface area (Å²) in [6.07, 6.45) is 0. The van der Waals surface area contributed by atoms with Crippen LogP contribution in [0.25, 0.3) is 0 Å². The van der Waals surface area contributed by atoms with Crippen LogP contribution in [0.4, 0.5) is 0 Å². The van der Waals surface area contributed by atoms with Crippen molar-refractivity contribution in [1.29, 1.82) is 0 Å². The molecule has 0 aliphatic rings. The zero-order chi connectivity index (χ0) is 5.70. The van der Waals surface area contributed by atoms with Crippen LogP contribution in [0.15, 0.2) is 0 Å². The maximum atomic E-state index is 8.36. The molecule has 7 heavy (non-hydrogen) atoms. The highest BCUT2D eigenvalue weighted by Crippen LogP contribution is 1.85. The normalized spacial score (nSPS) is 11.9. The van der Waals surface area contributed by atoms with Gasteiger partial charge in [-0.3, -0.25) is 0 Å². The van der Waals surface area contributed by atoms with Crippen LogP contribution < -0.4 is 0 Å². The molecular weight excluding hydrogens is 88.1 g/mol. The van der Waals surface area contributed by atoms with Gasteiger partial charge in [0.2, 0.25) is 0 Å². The van der Waals surface area contributed by atoms with Crippen molar-refractivity contribution in [3.05, 3.63) is 0 Å². The summed E-state index contributed by atoms with van der Waals surface area (Å²) in [7, 11) is 0. The highest BCUT2D eigenvalue weighted by Gasteiger charge is 1.87. The summed E-state index contributed by atoms with van der Waals surface area (Å²) in [5.74, 6) is 5.65. The van der Waals surface area contributed by atoms with Gasteiger partial charge >= 0.3 is 0 Å². The maximum Gasteiger partial charge on any atom is 0.0566 e. The molecule has 0 aliphatic heterocycles. The van der Waals surface area contributed by atoms with Gasteiger partial charge in [-0.1, -0.05) is 5.92 Å². The molecule has 40 valence electrons. The van der Waals surface area contributed by atoms with Gasteiger partial charge in [0.05, 0.1) is 6.61 Å². The first-order valence-corrected chi connectivity index (χ1v) is 2.34. The molecular formula is C6H10O. The molecule has 0 aromatic rings. The van der Waals surface area contributed by atoms with E-state index in [1.165, 1.54) is 0 Å². The lowest BCUT2D eigenvalue weighted by molar-refractivity contribution is 0.266. The smallest absolute Gasteiger partial charge is 0.0566 e. The molecule has 0 radical (unpaired) electrons. The second-order valence-corrected chi connectivity index (χ2v) is 1.48. The van der Waals surface area contributed by atoms with Gasteiger partial charge in [0.25, 0.3) is 0 Å². The van der Waals surface area contributed by atoms with Gasteiger partial charge in [-0.15, -0.1) is 5.92 Å². The number of rotatable bonds is 1. The van der Waals surface area contributed by atoms with Gasteiger partial charge in [0.15, 0.2) is 0 Å². The summed E-state index contributed by atoms with van der Waals surface area (Å²) in [5, 5.41) is 8.36. The fourth-order valence-corrected chi connectivity index (χ4v) is 0.292. The summed E-state index contributed by atoms with van der Waals surface area (Å²) in [6, 6.07) is 0. The minimum Gasteiger partial charge on any atom is -0.395 e. The molecule has 1 atom stereocenters. The van der Waals surface area contributed by atoms with Crippen molar-refractivity contribution >= 4 is 0 Å². The molecule has 0 rings (SSSR count). The van der Waals surface area contributed by atoms with Crippen LogP contribution in [0.1, 0.15) is 13.8 Å². The zero-order valence-electron chi connectivity index (χ0n) is 4.73. The molecule has 1 heteroatoms. The van der Waals surface area contributed by atoms with Crippen molar-refractivity contribution in [2.24, 2.45) is 5.92 Å². The van der Waals surface area contributed by atoms with Gasteiger partial charge in [-0.05, 0) is 13.8 Å². The summed E-state index contributed by atoms with van der Waals surface area (Å²) >= 11 is 0. The first-order valence-electron chi connectivity index (χ1n) is 2.34. The van der Waals surface area contributed by atoms with Gasteiger partial charge in [0.1, 0.15) is 0 Å². The van der Waals surface area contributed by atoms with Crippen molar-refractivity contribution in [3.63, 3.8) is 0 Å². The van der Waals surface area contributed by atoms with Crippen LogP contribution in [0.5, 0.6) is 0 Å². The Morgan fingerprint density at radius 2 is 2.29 bits per heavy atom. The number of aliphatic hydroxyl groups excluding tert-OH is 1. The third-order valence-corrected chi connectivity index (χ3v) is 0.665. The first kappa shape index (κ1) is 6.52. The maximum absolute atomic E-state index is 8.36. The molecule has 0 aromatic heterocycles. The number of hydrogen-bond donors (Lipinski definition) is 1. The Labute approximate surface area is 44.4 Å². The average molecular weight is 98.1 g/mol. The standard InChI is InChI=1S/C6H10O/c1-3-4-6(2)5-7/h6-7H,5H2,1-2H3. The Morgan fingerprint density at radius 3 is 2.43 bits per heavy atom. The van der Waals surface area contributed by atoms with Crippen LogP contribution in [0.2, 0.25) is 0 Å². The topological polar surface area (TPSA) is 20.2 Å². The third-order valence-electron chi connectivity index (χ3n) is 0.665. The van der Waals surface area contributed by atoms with E-state index < -0.39 is 0 Å². The fourth-order valence-electron chi connectivity index (χ4n) is 0.292. The Balaban J connectivity index is 3.29. The third kappa shape index (κ3) is 3.35. The molecule has 0 aliphatic carbocycles. The SMILES string of the molecule is CC#CC(C)CO. The molecule has 0 amide bonds. The largest absolute Gasteiger partial charge is 0.395 e. The molecule has 0 aromatic carbocycles. The molecule has 1 nitrogen and oxygen atoms in total. The highest BCUT2D eigenvalue weighted by atomic mass is 16.3. The van der Waals surface area contributed by atoms with Crippen LogP contribution in [-0.4, -0.2) is 11.7 Å². The van der Waals surface area contributed by atoms with E-state index in [2.05, 4.69) is 11.8 Å². The summed E-state index contributed by atoms with van der Waals surface area (Å²) in [5.41, 5.74) is 0. The molecule has 0 heterocycles. The Bertz CT molecular complexity index is 86.1. The summed E-state index contributed by atoms with van der Waals surface area (Å²) in [4.78, 5) is 0. The molecule has 0 saturated heterocycles. The van der Waals surface area contributed by atoms with E-state index in [0.717, 1.165) is 0 Å². The minimum absolute atomic E-state index is 0.144. The Morgan fingerprint density at radius 1 is 1.71 bits per heavy atom. The number of hydrogen-bond acceptors (Lipinski definition) is 1. The molecule has 0 bridgehead atoms. The number of aliphatic hydroxyl groups is 1. The second kappa shape index (κ2) is 3.70. The lowest BCUT2D eigenvalue weighted by Gasteiger charge is -1.91. The predicted molar refractivity (Wildman–Crippen MR) is 29.7 cm³/mol. The lowest BCUT2D eigenvalue weighted by Crippen LogP contribution is -1.94. The van der Waals surface area contributed by atoms with E-state index >= 15 is 0 Å². The molecule has 0 spiro atoms. The van der Waals surface area contributed by atoms with Crippen LogP contribution in [-0.2, 0) is 0 Å².